The van der Waals surface area contributed by atoms with E-state index in [0.717, 1.165) is 8.87 Å². The SMILES string of the molecule is CC(C)(C)OC(=O)N(CCC(F)(F)F)[C@H]1CCN(c2ccnc3c2c(-c2ccnc(N)n2)cn3S(=O)(=O)c2ccccc2)C1. The molecule has 3 aromatic heterocycles. The van der Waals surface area contributed by atoms with Crippen molar-refractivity contribution in [2.24, 2.45) is 0 Å². The van der Waals surface area contributed by atoms with Crippen molar-refractivity contribution >= 4 is 38.8 Å². The number of halogens is 3. The molecule has 1 fully saturated rings. The van der Waals surface area contributed by atoms with E-state index in [9.17, 15) is 26.4 Å². The molecule has 0 bridgehead atoms. The lowest BCUT2D eigenvalue weighted by molar-refractivity contribution is -0.138. The van der Waals surface area contributed by atoms with E-state index in [4.69, 9.17) is 10.5 Å². The van der Waals surface area contributed by atoms with Gasteiger partial charge in [-0.2, -0.15) is 13.2 Å². The third kappa shape index (κ3) is 6.56. The lowest BCUT2D eigenvalue weighted by atomic mass is 10.1. The van der Waals surface area contributed by atoms with Crippen LogP contribution in [-0.4, -0.2) is 75.8 Å². The second kappa shape index (κ2) is 11.6. The van der Waals surface area contributed by atoms with Crippen LogP contribution in [0.3, 0.4) is 0 Å². The van der Waals surface area contributed by atoms with Crippen molar-refractivity contribution in [1.82, 2.24) is 23.8 Å². The standard InChI is InChI=1S/C29H32F3N7O4S/c1-28(2,3)43-27(40)38(16-12-29(30,31)32)19-11-15-37(17-19)23-10-14-34-25-24(23)21(22-9-13-35-26(33)36-22)18-39(25)44(41,42)20-7-5-4-6-8-20/h4-10,13-14,18-19H,11-12,15-17H2,1-3H3,(H2,33,35,36)/t19-/m0/s1. The maximum absolute atomic E-state index is 13.8. The second-order valence-electron chi connectivity index (χ2n) is 11.4. The Morgan fingerprint density at radius 1 is 1.09 bits per heavy atom. The van der Waals surface area contributed by atoms with E-state index in [0.29, 0.717) is 35.3 Å². The summed E-state index contributed by atoms with van der Waals surface area (Å²) in [5, 5.41) is 0.449. The van der Waals surface area contributed by atoms with Crippen LogP contribution in [0, 0.1) is 0 Å². The van der Waals surface area contributed by atoms with Gasteiger partial charge in [-0.15, -0.1) is 0 Å². The number of nitrogens with two attached hydrogens (primary N) is 1. The molecule has 11 nitrogen and oxygen atoms in total. The van der Waals surface area contributed by atoms with Gasteiger partial charge in [-0.3, -0.25) is 0 Å². The Bertz CT molecular complexity index is 1770. The third-order valence-electron chi connectivity index (χ3n) is 7.09. The Labute approximate surface area is 252 Å². The van der Waals surface area contributed by atoms with Gasteiger partial charge in [-0.05, 0) is 51.5 Å². The van der Waals surface area contributed by atoms with Gasteiger partial charge in [0.2, 0.25) is 5.95 Å². The minimum Gasteiger partial charge on any atom is -0.444 e. The van der Waals surface area contributed by atoms with Gasteiger partial charge in [-0.1, -0.05) is 18.2 Å². The second-order valence-corrected chi connectivity index (χ2v) is 13.2. The van der Waals surface area contributed by atoms with E-state index in [1.807, 2.05) is 4.90 Å². The number of carbonyl (C=O) groups is 1. The van der Waals surface area contributed by atoms with Gasteiger partial charge in [-0.25, -0.2) is 32.1 Å². The molecular weight excluding hydrogens is 599 g/mol. The fourth-order valence-electron chi connectivity index (χ4n) is 5.19. The molecule has 0 saturated carbocycles. The van der Waals surface area contributed by atoms with Crippen molar-refractivity contribution in [1.29, 1.82) is 0 Å². The first-order chi connectivity index (χ1) is 20.6. The van der Waals surface area contributed by atoms with Crippen molar-refractivity contribution < 1.29 is 31.1 Å². The number of benzene rings is 1. The highest BCUT2D eigenvalue weighted by Gasteiger charge is 2.38. The largest absolute Gasteiger partial charge is 0.444 e. The van der Waals surface area contributed by atoms with E-state index in [1.54, 1.807) is 51.1 Å². The highest BCUT2D eigenvalue weighted by molar-refractivity contribution is 7.90. The molecule has 2 N–H and O–H groups in total. The summed E-state index contributed by atoms with van der Waals surface area (Å²) in [6.07, 6.45) is -1.76. The summed E-state index contributed by atoms with van der Waals surface area (Å²) < 4.78 is 73.7. The maximum Gasteiger partial charge on any atom is 0.410 e. The molecule has 1 aliphatic rings. The van der Waals surface area contributed by atoms with E-state index in [2.05, 4.69) is 15.0 Å². The number of hydrogen-bond acceptors (Lipinski definition) is 9. The first-order valence-electron chi connectivity index (χ1n) is 13.8. The number of hydrogen-bond donors (Lipinski definition) is 1. The quantitative estimate of drug-likeness (QED) is 0.296. The van der Waals surface area contributed by atoms with Crippen molar-refractivity contribution in [2.45, 2.75) is 56.3 Å². The normalized spacial score (nSPS) is 16.0. The molecule has 4 heterocycles. The molecule has 5 rings (SSSR count). The van der Waals surface area contributed by atoms with Gasteiger partial charge in [0, 0.05) is 43.8 Å². The Balaban J connectivity index is 1.58. The highest BCUT2D eigenvalue weighted by Crippen LogP contribution is 2.39. The van der Waals surface area contributed by atoms with E-state index in [-0.39, 0.29) is 23.0 Å². The number of nitrogens with zero attached hydrogens (tertiary/aromatic N) is 6. The van der Waals surface area contributed by atoms with Gasteiger partial charge >= 0.3 is 12.3 Å². The Hall–Kier alpha value is -4.40. The summed E-state index contributed by atoms with van der Waals surface area (Å²) in [6.45, 7) is 4.94. The average molecular weight is 632 g/mol. The molecule has 1 saturated heterocycles. The number of aromatic nitrogens is 4. The van der Waals surface area contributed by atoms with Gasteiger partial charge in [0.25, 0.3) is 10.0 Å². The molecule has 1 amide bonds. The summed E-state index contributed by atoms with van der Waals surface area (Å²) in [6, 6.07) is 10.6. The molecule has 4 aromatic rings. The van der Waals surface area contributed by atoms with Crippen LogP contribution in [0.4, 0.5) is 29.6 Å². The number of anilines is 2. The van der Waals surface area contributed by atoms with Crippen molar-refractivity contribution in [3.8, 4) is 11.3 Å². The summed E-state index contributed by atoms with van der Waals surface area (Å²) in [5.74, 6) is -0.0151. The van der Waals surface area contributed by atoms with Gasteiger partial charge in [0.05, 0.1) is 34.1 Å². The van der Waals surface area contributed by atoms with Crippen molar-refractivity contribution in [3.63, 3.8) is 0 Å². The van der Waals surface area contributed by atoms with E-state index < -0.39 is 46.9 Å². The van der Waals surface area contributed by atoms with Crippen LogP contribution < -0.4 is 10.6 Å². The first kappa shape index (κ1) is 31.0. The number of nitrogen functional groups attached to an aromatic ring is 1. The lowest BCUT2D eigenvalue weighted by Crippen LogP contribution is -2.46. The van der Waals surface area contributed by atoms with Crippen molar-refractivity contribution in [2.75, 3.05) is 30.3 Å². The van der Waals surface area contributed by atoms with Gasteiger partial charge in [0.1, 0.15) is 5.60 Å². The van der Waals surface area contributed by atoms with Crippen molar-refractivity contribution in [3.05, 3.63) is 61.1 Å². The Morgan fingerprint density at radius 2 is 1.80 bits per heavy atom. The minimum absolute atomic E-state index is 0.0151. The molecule has 0 aliphatic carbocycles. The third-order valence-corrected chi connectivity index (χ3v) is 8.76. The molecule has 1 atom stereocenters. The van der Waals surface area contributed by atoms with E-state index >= 15 is 0 Å². The number of rotatable bonds is 7. The van der Waals surface area contributed by atoms with Crippen LogP contribution in [-0.2, 0) is 14.8 Å². The smallest absolute Gasteiger partial charge is 0.410 e. The molecule has 234 valence electrons. The monoisotopic (exact) mass is 631 g/mol. The van der Waals surface area contributed by atoms with Crippen LogP contribution in [0.25, 0.3) is 22.3 Å². The van der Waals surface area contributed by atoms with Crippen LogP contribution in [0.2, 0.25) is 0 Å². The molecule has 15 heteroatoms. The molecule has 1 aromatic carbocycles. The van der Waals surface area contributed by atoms with Crippen LogP contribution >= 0.6 is 0 Å². The topological polar surface area (TPSA) is 137 Å². The highest BCUT2D eigenvalue weighted by atomic mass is 32.2. The zero-order valence-electron chi connectivity index (χ0n) is 24.3. The summed E-state index contributed by atoms with van der Waals surface area (Å²) in [5.41, 5.74) is 6.44. The van der Waals surface area contributed by atoms with Gasteiger partial charge < -0.3 is 20.3 Å². The number of pyridine rings is 1. The molecule has 0 radical (unpaired) electrons. The zero-order chi connectivity index (χ0) is 31.9. The minimum atomic E-state index is -4.46. The predicted molar refractivity (Wildman–Crippen MR) is 158 cm³/mol. The Morgan fingerprint density at radius 3 is 2.45 bits per heavy atom. The number of amides is 1. The fourth-order valence-corrected chi connectivity index (χ4v) is 6.52. The number of fused-ring (bicyclic) bond motifs is 1. The van der Waals surface area contributed by atoms with E-state index in [1.165, 1.54) is 30.7 Å². The average Bonchev–Trinajstić information content (AvgIpc) is 3.58. The molecule has 44 heavy (non-hydrogen) atoms. The molecule has 1 aliphatic heterocycles. The van der Waals surface area contributed by atoms with Crippen LogP contribution in [0.15, 0.2) is 66.0 Å². The van der Waals surface area contributed by atoms with Crippen LogP contribution in [0.1, 0.15) is 33.6 Å². The summed E-state index contributed by atoms with van der Waals surface area (Å²) >= 11 is 0. The lowest BCUT2D eigenvalue weighted by Gasteiger charge is -2.32. The number of alkyl halides is 3. The van der Waals surface area contributed by atoms with Gasteiger partial charge in [0.15, 0.2) is 5.65 Å². The number of ether oxygens (including phenoxy) is 1. The maximum atomic E-state index is 13.8. The zero-order valence-corrected chi connectivity index (χ0v) is 25.1. The molecule has 0 unspecified atom stereocenters. The predicted octanol–water partition coefficient (Wildman–Crippen LogP) is 5.08. The summed E-state index contributed by atoms with van der Waals surface area (Å²) in [7, 11) is -4.09. The number of carbonyl (C=O) groups excluding carboxylic acids is 1. The molecule has 0 spiro atoms. The Kier molecular flexibility index (Phi) is 8.18. The first-order valence-corrected chi connectivity index (χ1v) is 15.3. The summed E-state index contributed by atoms with van der Waals surface area (Å²) in [4.78, 5) is 28.8. The fraction of sp³-hybridized carbons (Fsp3) is 0.379. The molecular formula is C29H32F3N7O4S. The van der Waals surface area contributed by atoms with Crippen LogP contribution in [0.5, 0.6) is 0 Å².